The molecule has 0 amide bonds. The Balaban J connectivity index is 2.18. The lowest BCUT2D eigenvalue weighted by Gasteiger charge is -2.17. The summed E-state index contributed by atoms with van der Waals surface area (Å²) < 4.78 is 1.09. The van der Waals surface area contributed by atoms with Gasteiger partial charge in [-0.3, -0.25) is 0 Å². The standard InChI is InChI=1S/C15H16BrNO/c1-10-4-3-5-14(15(10)16)17-11(2)12-6-8-13(18)9-7-12/h3-9,11,17-18H,1-2H3. The van der Waals surface area contributed by atoms with Gasteiger partial charge in [-0.1, -0.05) is 24.3 Å². The fourth-order valence-electron chi connectivity index (χ4n) is 1.84. The zero-order valence-electron chi connectivity index (χ0n) is 10.4. The van der Waals surface area contributed by atoms with E-state index in [0.717, 1.165) is 15.7 Å². The third-order valence-electron chi connectivity index (χ3n) is 2.96. The molecular weight excluding hydrogens is 290 g/mol. The molecule has 0 aliphatic carbocycles. The van der Waals surface area contributed by atoms with E-state index < -0.39 is 0 Å². The molecule has 0 heterocycles. The molecule has 2 nitrogen and oxygen atoms in total. The van der Waals surface area contributed by atoms with Gasteiger partial charge in [0.1, 0.15) is 5.75 Å². The van der Waals surface area contributed by atoms with Crippen LogP contribution in [0.3, 0.4) is 0 Å². The Hall–Kier alpha value is -1.48. The first kappa shape index (κ1) is 13.0. The number of anilines is 1. The topological polar surface area (TPSA) is 32.3 Å². The van der Waals surface area contributed by atoms with E-state index in [9.17, 15) is 5.11 Å². The largest absolute Gasteiger partial charge is 0.508 e. The Morgan fingerprint density at radius 2 is 1.78 bits per heavy atom. The third kappa shape index (κ3) is 2.85. The molecule has 2 aromatic rings. The molecule has 1 unspecified atom stereocenters. The number of phenolic OH excluding ortho intramolecular Hbond substituents is 1. The third-order valence-corrected chi connectivity index (χ3v) is 4.01. The fraction of sp³-hybridized carbons (Fsp3) is 0.200. The summed E-state index contributed by atoms with van der Waals surface area (Å²) >= 11 is 3.59. The maximum atomic E-state index is 9.28. The first-order valence-corrected chi connectivity index (χ1v) is 6.68. The van der Waals surface area contributed by atoms with Crippen molar-refractivity contribution in [2.24, 2.45) is 0 Å². The van der Waals surface area contributed by atoms with Crippen LogP contribution in [0.2, 0.25) is 0 Å². The summed E-state index contributed by atoms with van der Waals surface area (Å²) in [5, 5.41) is 12.7. The van der Waals surface area contributed by atoms with Crippen LogP contribution in [-0.2, 0) is 0 Å². The summed E-state index contributed by atoms with van der Waals surface area (Å²) in [5.74, 6) is 0.294. The second-order valence-electron chi connectivity index (χ2n) is 4.39. The molecule has 0 bridgehead atoms. The quantitative estimate of drug-likeness (QED) is 0.866. The van der Waals surface area contributed by atoms with Gasteiger partial charge in [0.2, 0.25) is 0 Å². The van der Waals surface area contributed by atoms with Gasteiger partial charge in [-0.05, 0) is 59.1 Å². The van der Waals surface area contributed by atoms with Crippen LogP contribution in [0.25, 0.3) is 0 Å². The monoisotopic (exact) mass is 305 g/mol. The Labute approximate surface area is 116 Å². The molecule has 94 valence electrons. The molecule has 0 radical (unpaired) electrons. The van der Waals surface area contributed by atoms with Crippen LogP contribution in [0.4, 0.5) is 5.69 Å². The van der Waals surface area contributed by atoms with Crippen LogP contribution in [0.15, 0.2) is 46.9 Å². The Bertz CT molecular complexity index is 537. The number of hydrogen-bond donors (Lipinski definition) is 2. The van der Waals surface area contributed by atoms with Crippen molar-refractivity contribution in [2.75, 3.05) is 5.32 Å². The molecule has 1 atom stereocenters. The molecule has 2 aromatic carbocycles. The van der Waals surface area contributed by atoms with Gasteiger partial charge in [0.15, 0.2) is 0 Å². The van der Waals surface area contributed by atoms with Gasteiger partial charge >= 0.3 is 0 Å². The number of halogens is 1. The van der Waals surface area contributed by atoms with Crippen molar-refractivity contribution in [2.45, 2.75) is 19.9 Å². The lowest BCUT2D eigenvalue weighted by atomic mass is 10.1. The van der Waals surface area contributed by atoms with Crippen molar-refractivity contribution >= 4 is 21.6 Å². The molecule has 0 aliphatic heterocycles. The van der Waals surface area contributed by atoms with E-state index in [4.69, 9.17) is 0 Å². The second kappa shape index (κ2) is 5.44. The minimum atomic E-state index is 0.184. The molecular formula is C15H16BrNO. The maximum absolute atomic E-state index is 9.28. The number of phenols is 1. The molecule has 0 spiro atoms. The lowest BCUT2D eigenvalue weighted by molar-refractivity contribution is 0.475. The summed E-state index contributed by atoms with van der Waals surface area (Å²) in [7, 11) is 0. The van der Waals surface area contributed by atoms with Crippen LogP contribution in [-0.4, -0.2) is 5.11 Å². The predicted octanol–water partition coefficient (Wildman–Crippen LogP) is 4.64. The minimum Gasteiger partial charge on any atom is -0.508 e. The van der Waals surface area contributed by atoms with E-state index in [1.807, 2.05) is 24.3 Å². The highest BCUT2D eigenvalue weighted by molar-refractivity contribution is 9.10. The van der Waals surface area contributed by atoms with Crippen molar-refractivity contribution in [3.63, 3.8) is 0 Å². The van der Waals surface area contributed by atoms with Crippen molar-refractivity contribution in [3.05, 3.63) is 58.1 Å². The smallest absolute Gasteiger partial charge is 0.115 e. The molecule has 3 heteroatoms. The van der Waals surface area contributed by atoms with E-state index in [1.165, 1.54) is 5.56 Å². The van der Waals surface area contributed by atoms with Crippen molar-refractivity contribution in [3.8, 4) is 5.75 Å². The van der Waals surface area contributed by atoms with Crippen LogP contribution in [0, 0.1) is 6.92 Å². The highest BCUT2D eigenvalue weighted by Crippen LogP contribution is 2.29. The number of benzene rings is 2. The van der Waals surface area contributed by atoms with Crippen LogP contribution in [0.1, 0.15) is 24.1 Å². The normalized spacial score (nSPS) is 12.2. The highest BCUT2D eigenvalue weighted by atomic mass is 79.9. The Morgan fingerprint density at radius 1 is 1.11 bits per heavy atom. The molecule has 0 aromatic heterocycles. The van der Waals surface area contributed by atoms with Gasteiger partial charge in [0.05, 0.1) is 0 Å². The average Bonchev–Trinajstić information content (AvgIpc) is 2.36. The summed E-state index contributed by atoms with van der Waals surface area (Å²) in [4.78, 5) is 0. The van der Waals surface area contributed by atoms with E-state index in [1.54, 1.807) is 12.1 Å². The van der Waals surface area contributed by atoms with E-state index in [0.29, 0.717) is 5.75 Å². The summed E-state index contributed by atoms with van der Waals surface area (Å²) in [6.45, 7) is 4.17. The molecule has 2 rings (SSSR count). The van der Waals surface area contributed by atoms with Gasteiger partial charge in [-0.25, -0.2) is 0 Å². The lowest BCUT2D eigenvalue weighted by Crippen LogP contribution is -2.07. The van der Waals surface area contributed by atoms with Gasteiger partial charge in [0, 0.05) is 16.2 Å². The van der Waals surface area contributed by atoms with Gasteiger partial charge in [-0.2, -0.15) is 0 Å². The molecule has 0 saturated heterocycles. The molecule has 0 saturated carbocycles. The van der Waals surface area contributed by atoms with Gasteiger partial charge in [0.25, 0.3) is 0 Å². The minimum absolute atomic E-state index is 0.184. The molecule has 0 fully saturated rings. The van der Waals surface area contributed by atoms with E-state index in [2.05, 4.69) is 41.2 Å². The summed E-state index contributed by atoms with van der Waals surface area (Å²) in [6, 6.07) is 13.6. The molecule has 2 N–H and O–H groups in total. The first-order chi connectivity index (χ1) is 8.58. The number of aromatic hydroxyl groups is 1. The van der Waals surface area contributed by atoms with Crippen LogP contribution >= 0.6 is 15.9 Å². The van der Waals surface area contributed by atoms with Gasteiger partial charge in [-0.15, -0.1) is 0 Å². The molecule has 0 aliphatic rings. The summed E-state index contributed by atoms with van der Waals surface area (Å²) in [5.41, 5.74) is 3.43. The SMILES string of the molecule is Cc1cccc(NC(C)c2ccc(O)cc2)c1Br. The number of rotatable bonds is 3. The number of hydrogen-bond acceptors (Lipinski definition) is 2. The Morgan fingerprint density at radius 3 is 2.44 bits per heavy atom. The van der Waals surface area contributed by atoms with Crippen LogP contribution < -0.4 is 5.32 Å². The maximum Gasteiger partial charge on any atom is 0.115 e. The first-order valence-electron chi connectivity index (χ1n) is 5.88. The number of nitrogens with one attached hydrogen (secondary N) is 1. The number of aryl methyl sites for hydroxylation is 1. The van der Waals surface area contributed by atoms with Crippen molar-refractivity contribution in [1.29, 1.82) is 0 Å². The summed E-state index contributed by atoms with van der Waals surface area (Å²) in [6.07, 6.45) is 0. The predicted molar refractivity (Wildman–Crippen MR) is 79.0 cm³/mol. The van der Waals surface area contributed by atoms with Crippen molar-refractivity contribution in [1.82, 2.24) is 0 Å². The highest BCUT2D eigenvalue weighted by Gasteiger charge is 2.08. The Kier molecular flexibility index (Phi) is 3.92. The van der Waals surface area contributed by atoms with E-state index >= 15 is 0 Å². The fourth-order valence-corrected chi connectivity index (χ4v) is 2.22. The average molecular weight is 306 g/mol. The second-order valence-corrected chi connectivity index (χ2v) is 5.19. The van der Waals surface area contributed by atoms with Crippen molar-refractivity contribution < 1.29 is 5.11 Å². The van der Waals surface area contributed by atoms with E-state index in [-0.39, 0.29) is 6.04 Å². The van der Waals surface area contributed by atoms with Crippen LogP contribution in [0.5, 0.6) is 5.75 Å². The molecule has 18 heavy (non-hydrogen) atoms. The zero-order chi connectivity index (χ0) is 13.1. The zero-order valence-corrected chi connectivity index (χ0v) is 12.0. The van der Waals surface area contributed by atoms with Gasteiger partial charge < -0.3 is 10.4 Å².